The van der Waals surface area contributed by atoms with Crippen LogP contribution in [0.15, 0.2) is 11.0 Å². The van der Waals surface area contributed by atoms with Gasteiger partial charge in [-0.15, -0.1) is 0 Å². The average Bonchev–Trinajstić information content (AvgIpc) is 2.65. The molecule has 0 atom stereocenters. The van der Waals surface area contributed by atoms with E-state index in [0.29, 0.717) is 24.2 Å². The molecule has 0 unspecified atom stereocenters. The summed E-state index contributed by atoms with van der Waals surface area (Å²) >= 11 is 0. The molecule has 90 valence electrons. The maximum atomic E-state index is 14.2. The summed E-state index contributed by atoms with van der Waals surface area (Å²) in [5.74, 6) is -0.339. The molecule has 0 saturated carbocycles. The van der Waals surface area contributed by atoms with E-state index >= 15 is 0 Å². The second-order valence-electron chi connectivity index (χ2n) is 4.40. The van der Waals surface area contributed by atoms with Crippen LogP contribution in [0.3, 0.4) is 0 Å². The molecule has 0 radical (unpaired) electrons. The van der Waals surface area contributed by atoms with Gasteiger partial charge in [0.1, 0.15) is 5.39 Å². The van der Waals surface area contributed by atoms with Crippen molar-refractivity contribution in [1.29, 1.82) is 0 Å². The minimum Gasteiger partial charge on any atom is -0.340 e. The fourth-order valence-corrected chi connectivity index (χ4v) is 2.59. The molecule has 1 aliphatic rings. The molecule has 1 aliphatic heterocycles. The molecule has 0 aromatic carbocycles. The molecule has 0 amide bonds. The number of hydrogen-bond acceptors (Lipinski definition) is 2. The third kappa shape index (κ3) is 1.34. The van der Waals surface area contributed by atoms with E-state index in [1.165, 1.54) is 4.68 Å². The van der Waals surface area contributed by atoms with E-state index in [-0.39, 0.29) is 16.8 Å². The summed E-state index contributed by atoms with van der Waals surface area (Å²) < 4.78 is 17.4. The van der Waals surface area contributed by atoms with Crippen LogP contribution < -0.4 is 5.56 Å². The summed E-state index contributed by atoms with van der Waals surface area (Å²) in [6.45, 7) is 3.08. The van der Waals surface area contributed by atoms with Crippen molar-refractivity contribution in [2.45, 2.75) is 39.3 Å². The van der Waals surface area contributed by atoms with Gasteiger partial charge in [0.05, 0.1) is 17.4 Å². The summed E-state index contributed by atoms with van der Waals surface area (Å²) in [7, 11) is 0. The summed E-state index contributed by atoms with van der Waals surface area (Å²) in [4.78, 5) is 12.0. The predicted molar refractivity (Wildman–Crippen MR) is 62.6 cm³/mol. The quantitative estimate of drug-likeness (QED) is 0.754. The molecule has 0 N–H and O–H groups in total. The second kappa shape index (κ2) is 3.68. The van der Waals surface area contributed by atoms with Crippen molar-refractivity contribution in [1.82, 2.24) is 14.3 Å². The van der Waals surface area contributed by atoms with Gasteiger partial charge in [-0.1, -0.05) is 0 Å². The maximum Gasteiger partial charge on any atom is 0.279 e. The fourth-order valence-electron chi connectivity index (χ4n) is 2.59. The van der Waals surface area contributed by atoms with E-state index in [2.05, 4.69) is 5.10 Å². The van der Waals surface area contributed by atoms with Gasteiger partial charge in [0.25, 0.3) is 5.56 Å². The van der Waals surface area contributed by atoms with Gasteiger partial charge in [0, 0.05) is 13.1 Å². The number of aromatic nitrogens is 3. The molecule has 0 aliphatic carbocycles. The first-order valence-corrected chi connectivity index (χ1v) is 6.00. The van der Waals surface area contributed by atoms with Crippen molar-refractivity contribution in [2.75, 3.05) is 0 Å². The molecular formula is C12H14FN3O. The van der Waals surface area contributed by atoms with Gasteiger partial charge in [-0.2, -0.15) is 5.10 Å². The number of fused-ring (bicyclic) bond motifs is 3. The minimum atomic E-state index is -0.339. The fraction of sp³-hybridized carbons (Fsp3) is 0.500. The van der Waals surface area contributed by atoms with E-state index < -0.39 is 0 Å². The van der Waals surface area contributed by atoms with Crippen LogP contribution in [0.1, 0.15) is 25.5 Å². The largest absolute Gasteiger partial charge is 0.340 e. The van der Waals surface area contributed by atoms with Crippen molar-refractivity contribution in [3.8, 4) is 0 Å². The molecule has 2 aromatic heterocycles. The molecule has 5 heteroatoms. The Hall–Kier alpha value is -1.65. The van der Waals surface area contributed by atoms with E-state index in [1.807, 2.05) is 11.5 Å². The number of hydrogen-bond donors (Lipinski definition) is 0. The first-order valence-electron chi connectivity index (χ1n) is 6.00. The molecule has 0 fully saturated rings. The lowest BCUT2D eigenvalue weighted by atomic mass is 10.1. The molecular weight excluding hydrogens is 221 g/mol. The molecule has 0 bridgehead atoms. The summed E-state index contributed by atoms with van der Waals surface area (Å²) in [5.41, 5.74) is 0.996. The van der Waals surface area contributed by atoms with E-state index in [9.17, 15) is 9.18 Å². The molecule has 0 spiro atoms. The third-order valence-corrected chi connectivity index (χ3v) is 3.46. The van der Waals surface area contributed by atoms with Crippen LogP contribution in [0, 0.1) is 5.82 Å². The minimum absolute atomic E-state index is 0.207. The van der Waals surface area contributed by atoms with Gasteiger partial charge in [-0.05, 0) is 26.2 Å². The number of halogens is 1. The zero-order valence-electron chi connectivity index (χ0n) is 9.74. The zero-order valence-corrected chi connectivity index (χ0v) is 9.74. The molecule has 3 heterocycles. The van der Waals surface area contributed by atoms with E-state index in [0.717, 1.165) is 19.4 Å². The Morgan fingerprint density at radius 1 is 1.47 bits per heavy atom. The zero-order chi connectivity index (χ0) is 12.0. The predicted octanol–water partition coefficient (Wildman–Crippen LogP) is 1.69. The Kier molecular flexibility index (Phi) is 2.28. The normalized spacial score (nSPS) is 15.2. The van der Waals surface area contributed by atoms with E-state index in [1.54, 1.807) is 6.20 Å². The standard InChI is InChI=1S/C12H14FN3O/c1-2-16-12(17)10-9(7-14-16)15-6-4-3-5-8(15)11(10)13/h7H,2-6H2,1H3. The lowest BCUT2D eigenvalue weighted by molar-refractivity contribution is 0.509. The van der Waals surface area contributed by atoms with Crippen LogP contribution in [0.2, 0.25) is 0 Å². The maximum absolute atomic E-state index is 14.2. The molecule has 2 aromatic rings. The van der Waals surface area contributed by atoms with Crippen molar-refractivity contribution in [3.05, 3.63) is 28.1 Å². The van der Waals surface area contributed by atoms with Crippen LogP contribution in [0.4, 0.5) is 4.39 Å². The van der Waals surface area contributed by atoms with Crippen LogP contribution >= 0.6 is 0 Å². The highest BCUT2D eigenvalue weighted by molar-refractivity contribution is 5.80. The highest BCUT2D eigenvalue weighted by atomic mass is 19.1. The lowest BCUT2D eigenvalue weighted by Gasteiger charge is -2.15. The molecule has 17 heavy (non-hydrogen) atoms. The highest BCUT2D eigenvalue weighted by Gasteiger charge is 2.22. The Bertz CT molecular complexity index is 641. The summed E-state index contributed by atoms with van der Waals surface area (Å²) in [6.07, 6.45) is 4.35. The van der Waals surface area contributed by atoms with Gasteiger partial charge in [-0.3, -0.25) is 4.79 Å². The van der Waals surface area contributed by atoms with Crippen LogP contribution in [0.25, 0.3) is 10.9 Å². The van der Waals surface area contributed by atoms with Crippen molar-refractivity contribution in [2.24, 2.45) is 0 Å². The Balaban J connectivity index is 2.42. The SMILES string of the molecule is CCn1ncc2c(c(F)c3n2CCCC3)c1=O. The molecule has 3 rings (SSSR count). The second-order valence-corrected chi connectivity index (χ2v) is 4.40. The first-order chi connectivity index (χ1) is 8.24. The monoisotopic (exact) mass is 235 g/mol. The first kappa shape index (κ1) is 10.5. The smallest absolute Gasteiger partial charge is 0.279 e. The Labute approximate surface area is 97.7 Å². The van der Waals surface area contributed by atoms with Crippen molar-refractivity contribution in [3.63, 3.8) is 0 Å². The topological polar surface area (TPSA) is 39.8 Å². The van der Waals surface area contributed by atoms with E-state index in [4.69, 9.17) is 0 Å². The summed E-state index contributed by atoms with van der Waals surface area (Å²) in [5, 5.41) is 4.27. The van der Waals surface area contributed by atoms with Gasteiger partial charge in [-0.25, -0.2) is 9.07 Å². The number of rotatable bonds is 1. The van der Waals surface area contributed by atoms with Crippen LogP contribution in [-0.4, -0.2) is 14.3 Å². The van der Waals surface area contributed by atoms with Crippen molar-refractivity contribution < 1.29 is 4.39 Å². The van der Waals surface area contributed by atoms with Crippen LogP contribution in [0.5, 0.6) is 0 Å². The Morgan fingerprint density at radius 2 is 2.29 bits per heavy atom. The molecule has 4 nitrogen and oxygen atoms in total. The summed E-state index contributed by atoms with van der Waals surface area (Å²) in [6, 6.07) is 0. The van der Waals surface area contributed by atoms with Gasteiger partial charge >= 0.3 is 0 Å². The molecule has 0 saturated heterocycles. The van der Waals surface area contributed by atoms with Gasteiger partial charge < -0.3 is 4.57 Å². The van der Waals surface area contributed by atoms with Gasteiger partial charge in [0.2, 0.25) is 0 Å². The third-order valence-electron chi connectivity index (χ3n) is 3.46. The van der Waals surface area contributed by atoms with Gasteiger partial charge in [0.15, 0.2) is 5.82 Å². The lowest BCUT2D eigenvalue weighted by Crippen LogP contribution is -2.22. The van der Waals surface area contributed by atoms with Crippen molar-refractivity contribution >= 4 is 10.9 Å². The Morgan fingerprint density at radius 3 is 3.06 bits per heavy atom. The average molecular weight is 235 g/mol. The highest BCUT2D eigenvalue weighted by Crippen LogP contribution is 2.26. The van der Waals surface area contributed by atoms with Crippen LogP contribution in [-0.2, 0) is 19.5 Å². The number of nitrogens with zero attached hydrogens (tertiary/aromatic N) is 3. The number of aryl methyl sites for hydroxylation is 2.